The van der Waals surface area contributed by atoms with Gasteiger partial charge in [-0.2, -0.15) is 4.31 Å². The maximum absolute atomic E-state index is 13.3. The monoisotopic (exact) mass is 447 g/mol. The second-order valence-electron chi connectivity index (χ2n) is 7.81. The average Bonchev–Trinajstić information content (AvgIpc) is 3.16. The molecule has 1 saturated heterocycles. The third-order valence-corrected chi connectivity index (χ3v) is 7.56. The smallest absolute Gasteiger partial charge is 0.313 e. The summed E-state index contributed by atoms with van der Waals surface area (Å²) in [5.41, 5.74) is 2.65. The number of benzene rings is 2. The molecule has 1 heterocycles. The van der Waals surface area contributed by atoms with E-state index in [1.165, 1.54) is 28.6 Å². The van der Waals surface area contributed by atoms with Crippen LogP contribution in [-0.4, -0.2) is 43.7 Å². The Balaban J connectivity index is 1.67. The molecule has 1 atom stereocenters. The summed E-state index contributed by atoms with van der Waals surface area (Å²) in [7, 11) is -3.74. The standard InChI is InChI=1S/C22H26FN3O4S/c1-14-11-15(2)20(16(3)12-14)31(29,30)26-10-4-5-19(26)13-24-21(27)22(28)25-18-8-6-17(23)7-9-18/h6-9,11-12,19H,4-5,10,13H2,1-3H3,(H,24,27)(H,25,28)/t19-/m0/s1. The molecule has 2 N–H and O–H groups in total. The van der Waals surface area contributed by atoms with Gasteiger partial charge in [0, 0.05) is 24.8 Å². The molecule has 0 unspecified atom stereocenters. The van der Waals surface area contributed by atoms with Gasteiger partial charge in [0.15, 0.2) is 0 Å². The first-order chi connectivity index (χ1) is 14.6. The molecule has 9 heteroatoms. The number of hydrogen-bond acceptors (Lipinski definition) is 4. The highest BCUT2D eigenvalue weighted by atomic mass is 32.2. The summed E-state index contributed by atoms with van der Waals surface area (Å²) in [5, 5.41) is 4.90. The van der Waals surface area contributed by atoms with Gasteiger partial charge in [0.25, 0.3) is 0 Å². The second-order valence-corrected chi connectivity index (χ2v) is 9.64. The quantitative estimate of drug-likeness (QED) is 0.689. The van der Waals surface area contributed by atoms with Crippen LogP contribution in [0.15, 0.2) is 41.3 Å². The van der Waals surface area contributed by atoms with Crippen LogP contribution in [0.5, 0.6) is 0 Å². The normalized spacial score (nSPS) is 16.8. The van der Waals surface area contributed by atoms with E-state index in [0.717, 1.165) is 5.56 Å². The lowest BCUT2D eigenvalue weighted by Crippen LogP contribution is -2.45. The molecule has 166 valence electrons. The number of aryl methyl sites for hydroxylation is 3. The number of amides is 2. The summed E-state index contributed by atoms with van der Waals surface area (Å²) in [6.07, 6.45) is 1.26. The van der Waals surface area contributed by atoms with Crippen LogP contribution in [0, 0.1) is 26.6 Å². The van der Waals surface area contributed by atoms with Gasteiger partial charge in [-0.15, -0.1) is 0 Å². The van der Waals surface area contributed by atoms with E-state index in [0.29, 0.717) is 35.4 Å². The number of carbonyl (C=O) groups excluding carboxylic acids is 2. The predicted octanol–water partition coefficient (Wildman–Crippen LogP) is 2.66. The maximum atomic E-state index is 13.3. The van der Waals surface area contributed by atoms with Gasteiger partial charge < -0.3 is 10.6 Å². The zero-order valence-electron chi connectivity index (χ0n) is 17.7. The van der Waals surface area contributed by atoms with Gasteiger partial charge >= 0.3 is 11.8 Å². The van der Waals surface area contributed by atoms with E-state index in [1.807, 2.05) is 19.1 Å². The molecule has 0 bridgehead atoms. The van der Waals surface area contributed by atoms with Crippen molar-refractivity contribution >= 4 is 27.5 Å². The second kappa shape index (κ2) is 9.15. The van der Waals surface area contributed by atoms with Crippen molar-refractivity contribution in [1.82, 2.24) is 9.62 Å². The molecule has 2 aromatic carbocycles. The fourth-order valence-electron chi connectivity index (χ4n) is 4.03. The summed E-state index contributed by atoms with van der Waals surface area (Å²) in [6, 6.07) is 8.27. The molecule has 1 aliphatic rings. The lowest BCUT2D eigenvalue weighted by Gasteiger charge is -2.26. The van der Waals surface area contributed by atoms with Crippen LogP contribution >= 0.6 is 0 Å². The highest BCUT2D eigenvalue weighted by molar-refractivity contribution is 7.89. The molecule has 31 heavy (non-hydrogen) atoms. The Morgan fingerprint density at radius 1 is 1.06 bits per heavy atom. The lowest BCUT2D eigenvalue weighted by atomic mass is 10.1. The first kappa shape index (κ1) is 22.9. The summed E-state index contributed by atoms with van der Waals surface area (Å²) in [4.78, 5) is 24.5. The molecule has 0 aliphatic carbocycles. The number of nitrogens with zero attached hydrogens (tertiary/aromatic N) is 1. The van der Waals surface area contributed by atoms with Crippen LogP contribution in [0.2, 0.25) is 0 Å². The Bertz CT molecular complexity index is 1080. The Morgan fingerprint density at radius 2 is 1.68 bits per heavy atom. The van der Waals surface area contributed by atoms with Crippen molar-refractivity contribution in [3.05, 3.63) is 58.9 Å². The minimum atomic E-state index is -3.74. The van der Waals surface area contributed by atoms with Crippen molar-refractivity contribution in [3.8, 4) is 0 Å². The van der Waals surface area contributed by atoms with Crippen molar-refractivity contribution < 1.29 is 22.4 Å². The minimum Gasteiger partial charge on any atom is -0.346 e. The summed E-state index contributed by atoms with van der Waals surface area (Å²) >= 11 is 0. The van der Waals surface area contributed by atoms with Gasteiger partial charge in [0.2, 0.25) is 10.0 Å². The van der Waals surface area contributed by atoms with Crippen LogP contribution in [0.1, 0.15) is 29.5 Å². The van der Waals surface area contributed by atoms with Gasteiger partial charge in [-0.1, -0.05) is 17.7 Å². The van der Waals surface area contributed by atoms with Gasteiger partial charge in [-0.25, -0.2) is 12.8 Å². The molecule has 3 rings (SSSR count). The van der Waals surface area contributed by atoms with Gasteiger partial charge in [-0.05, 0) is 69.0 Å². The minimum absolute atomic E-state index is 0.0266. The number of hydrogen-bond donors (Lipinski definition) is 2. The summed E-state index contributed by atoms with van der Waals surface area (Å²) in [6.45, 7) is 5.86. The van der Waals surface area contributed by atoms with Crippen molar-refractivity contribution in [2.24, 2.45) is 0 Å². The third kappa shape index (κ3) is 5.11. The fourth-order valence-corrected chi connectivity index (χ4v) is 6.14. The van der Waals surface area contributed by atoms with E-state index in [2.05, 4.69) is 10.6 Å². The highest BCUT2D eigenvalue weighted by Crippen LogP contribution is 2.30. The Hall–Kier alpha value is -2.78. The first-order valence-corrected chi connectivity index (χ1v) is 11.5. The molecule has 2 amide bonds. The van der Waals surface area contributed by atoms with Gasteiger partial charge in [-0.3, -0.25) is 9.59 Å². The topological polar surface area (TPSA) is 95.6 Å². The molecule has 2 aromatic rings. The van der Waals surface area contributed by atoms with Gasteiger partial charge in [0.05, 0.1) is 4.90 Å². The summed E-state index contributed by atoms with van der Waals surface area (Å²) in [5.74, 6) is -2.23. The van der Waals surface area contributed by atoms with Crippen molar-refractivity contribution in [2.45, 2.75) is 44.6 Å². The Kier molecular flexibility index (Phi) is 6.76. The number of anilines is 1. The van der Waals surface area contributed by atoms with E-state index in [1.54, 1.807) is 13.8 Å². The number of sulfonamides is 1. The fraction of sp³-hybridized carbons (Fsp3) is 0.364. The molecular formula is C22H26FN3O4S. The van der Waals surface area contributed by atoms with Crippen LogP contribution in [0.4, 0.5) is 10.1 Å². The molecule has 0 spiro atoms. The van der Waals surface area contributed by atoms with Crippen molar-refractivity contribution in [3.63, 3.8) is 0 Å². The zero-order valence-corrected chi connectivity index (χ0v) is 18.6. The molecule has 1 fully saturated rings. The van der Waals surface area contributed by atoms with Gasteiger partial charge in [0.1, 0.15) is 5.82 Å². The highest BCUT2D eigenvalue weighted by Gasteiger charge is 2.37. The lowest BCUT2D eigenvalue weighted by molar-refractivity contribution is -0.136. The Labute approximate surface area is 181 Å². The van der Waals surface area contributed by atoms with Crippen molar-refractivity contribution in [2.75, 3.05) is 18.4 Å². The largest absolute Gasteiger partial charge is 0.346 e. The van der Waals surface area contributed by atoms with Crippen molar-refractivity contribution in [1.29, 1.82) is 0 Å². The molecule has 7 nitrogen and oxygen atoms in total. The van der Waals surface area contributed by atoms with E-state index < -0.39 is 33.7 Å². The van der Waals surface area contributed by atoms with E-state index >= 15 is 0 Å². The maximum Gasteiger partial charge on any atom is 0.313 e. The van der Waals surface area contributed by atoms with Crippen LogP contribution < -0.4 is 10.6 Å². The van der Waals surface area contributed by atoms with E-state index in [-0.39, 0.29) is 12.2 Å². The molecule has 1 aliphatic heterocycles. The average molecular weight is 448 g/mol. The number of halogens is 1. The predicted molar refractivity (Wildman–Crippen MR) is 116 cm³/mol. The number of rotatable bonds is 5. The number of nitrogens with one attached hydrogen (secondary N) is 2. The van der Waals surface area contributed by atoms with Crippen LogP contribution in [-0.2, 0) is 19.6 Å². The summed E-state index contributed by atoms with van der Waals surface area (Å²) < 4.78 is 41.1. The first-order valence-electron chi connectivity index (χ1n) is 10.0. The number of carbonyl (C=O) groups is 2. The third-order valence-electron chi connectivity index (χ3n) is 5.30. The SMILES string of the molecule is Cc1cc(C)c(S(=O)(=O)N2CCC[C@H]2CNC(=O)C(=O)Nc2ccc(F)cc2)c(C)c1. The van der Waals surface area contributed by atoms with Crippen LogP contribution in [0.3, 0.4) is 0 Å². The van der Waals surface area contributed by atoms with E-state index in [9.17, 15) is 22.4 Å². The van der Waals surface area contributed by atoms with E-state index in [4.69, 9.17) is 0 Å². The Morgan fingerprint density at radius 3 is 2.29 bits per heavy atom. The molecule has 0 saturated carbocycles. The zero-order chi connectivity index (χ0) is 22.8. The molecule has 0 radical (unpaired) electrons. The molecule has 0 aromatic heterocycles. The van der Waals surface area contributed by atoms with Crippen LogP contribution in [0.25, 0.3) is 0 Å². The molecular weight excluding hydrogens is 421 g/mol.